The molecule has 0 aromatic carbocycles. The smallest absolute Gasteiger partial charge is 0.303 e. The molecule has 5 N–H and O–H groups in total. The van der Waals surface area contributed by atoms with Gasteiger partial charge in [-0.05, 0) is 207 Å². The summed E-state index contributed by atoms with van der Waals surface area (Å²) in [7, 11) is 6.86. The molecule has 8 aliphatic rings. The van der Waals surface area contributed by atoms with E-state index in [4.69, 9.17) is 19.3 Å². The fourth-order valence-corrected chi connectivity index (χ4v) is 19.1. The minimum Gasteiger partial charge on any atom is -0.481 e. The summed E-state index contributed by atoms with van der Waals surface area (Å²) in [5.74, 6) is 14.0. The number of ether oxygens (including phenoxy) is 4. The summed E-state index contributed by atoms with van der Waals surface area (Å²) in [4.78, 5) is 45.2. The molecule has 0 saturated heterocycles. The minimum absolute atomic E-state index is 0.0121. The number of nitrogens with one attached hydrogen (secondary N) is 2. The lowest BCUT2D eigenvalue weighted by Gasteiger charge is -2.63. The number of carbonyl (C=O) groups is 4. The van der Waals surface area contributed by atoms with Gasteiger partial charge in [0.05, 0.1) is 18.8 Å². The van der Waals surface area contributed by atoms with Crippen LogP contribution in [0.25, 0.3) is 0 Å². The number of hydrogen-bond acceptors (Lipinski definition) is 9. The van der Waals surface area contributed by atoms with Crippen LogP contribution in [-0.2, 0) is 38.1 Å². The molecule has 408 valence electrons. The van der Waals surface area contributed by atoms with E-state index in [-0.39, 0.29) is 37.4 Å². The van der Waals surface area contributed by atoms with Crippen molar-refractivity contribution in [2.75, 3.05) is 48.2 Å². The molecule has 0 unspecified atom stereocenters. The molecule has 8 aliphatic carbocycles. The number of carboxylic acid groups (broad SMARTS) is 1. The van der Waals surface area contributed by atoms with Crippen molar-refractivity contribution in [3.63, 3.8) is 0 Å². The molecule has 71 heavy (non-hydrogen) atoms. The number of methoxy groups -OCH3 is 4. The van der Waals surface area contributed by atoms with Gasteiger partial charge in [-0.2, -0.15) is 0 Å². The highest BCUT2D eigenvalue weighted by Crippen LogP contribution is 2.71. The van der Waals surface area contributed by atoms with Crippen LogP contribution in [0, 0.1) is 105 Å². The first-order chi connectivity index (χ1) is 33.6. The Bertz CT molecular complexity index is 1780. The van der Waals surface area contributed by atoms with Crippen molar-refractivity contribution in [2.45, 2.75) is 196 Å². The van der Waals surface area contributed by atoms with Crippen molar-refractivity contribution in [3.8, 4) is 0 Å². The third-order valence-electron chi connectivity index (χ3n) is 22.8. The zero-order chi connectivity index (χ0) is 52.1. The first-order valence-electron chi connectivity index (χ1n) is 28.7. The number of carboxylic acids is 1. The number of fused-ring (bicyclic) bond motifs is 10. The fraction of sp³-hybridized carbons (Fsp3) is 0.932. The average Bonchev–Trinajstić information content (AvgIpc) is 3.89. The molecule has 0 spiro atoms. The zero-order valence-electron chi connectivity index (χ0n) is 46.8. The zero-order valence-corrected chi connectivity index (χ0v) is 46.8. The summed E-state index contributed by atoms with van der Waals surface area (Å²) in [5, 5.41) is 11.9. The van der Waals surface area contributed by atoms with Gasteiger partial charge in [-0.1, -0.05) is 68.2 Å². The molecule has 20 atom stereocenters. The van der Waals surface area contributed by atoms with Gasteiger partial charge in [0.15, 0.2) is 5.78 Å². The Morgan fingerprint density at radius 2 is 1.00 bits per heavy atom. The molecule has 0 bridgehead atoms. The van der Waals surface area contributed by atoms with Crippen LogP contribution in [0.2, 0.25) is 0 Å². The van der Waals surface area contributed by atoms with Crippen LogP contribution in [0.15, 0.2) is 0 Å². The van der Waals surface area contributed by atoms with Crippen molar-refractivity contribution in [3.05, 3.63) is 0 Å². The Labute approximate surface area is 430 Å². The lowest BCUT2D eigenvalue weighted by atomic mass is 9.43. The van der Waals surface area contributed by atoms with Crippen molar-refractivity contribution in [1.82, 2.24) is 10.7 Å². The fourth-order valence-electron chi connectivity index (χ4n) is 19.1. The highest BCUT2D eigenvalue weighted by atomic mass is 16.5. The van der Waals surface area contributed by atoms with Crippen LogP contribution in [0.3, 0.4) is 0 Å². The predicted molar refractivity (Wildman–Crippen MR) is 280 cm³/mol. The lowest BCUT2D eigenvalue weighted by Crippen LogP contribution is -2.58. The number of Topliss-reactive ketones (excluding diaryl/α,β-unsaturated/α-hetero) is 1. The van der Waals surface area contributed by atoms with E-state index in [9.17, 15) is 19.2 Å². The third-order valence-corrected chi connectivity index (χ3v) is 22.8. The molecule has 0 aromatic rings. The highest BCUT2D eigenvalue weighted by molar-refractivity contribution is 5.86. The number of nitrogens with two attached hydrogens (primary N) is 1. The summed E-state index contributed by atoms with van der Waals surface area (Å²) >= 11 is 0. The van der Waals surface area contributed by atoms with Crippen LogP contribution in [0.5, 0.6) is 0 Å². The molecule has 8 fully saturated rings. The normalized spacial score (nSPS) is 42.8. The summed E-state index contributed by atoms with van der Waals surface area (Å²) in [6.45, 7) is 20.2. The molecule has 8 saturated carbocycles. The first-order valence-corrected chi connectivity index (χ1v) is 28.7. The van der Waals surface area contributed by atoms with Crippen LogP contribution in [-0.4, -0.2) is 89.1 Å². The van der Waals surface area contributed by atoms with Gasteiger partial charge < -0.3 is 29.4 Å². The quantitative estimate of drug-likeness (QED) is 0.0662. The largest absolute Gasteiger partial charge is 0.481 e. The van der Waals surface area contributed by atoms with Crippen LogP contribution < -0.4 is 16.6 Å². The second-order valence-electron chi connectivity index (χ2n) is 26.4. The van der Waals surface area contributed by atoms with E-state index < -0.39 is 5.97 Å². The van der Waals surface area contributed by atoms with E-state index >= 15 is 0 Å². The monoisotopic (exact) mass is 998 g/mol. The Hall–Kier alpha value is -2.12. The molecule has 0 aliphatic heterocycles. The number of rotatable bonds is 16. The number of ketones is 1. The van der Waals surface area contributed by atoms with Gasteiger partial charge in [0.25, 0.3) is 5.91 Å². The van der Waals surface area contributed by atoms with E-state index in [1.165, 1.54) is 117 Å². The van der Waals surface area contributed by atoms with Crippen molar-refractivity contribution < 1.29 is 43.2 Å². The molecular formula is C59H103N3O9. The van der Waals surface area contributed by atoms with Crippen molar-refractivity contribution in [2.24, 2.45) is 110 Å². The lowest BCUT2D eigenvalue weighted by molar-refractivity contribution is -0.176. The van der Waals surface area contributed by atoms with Crippen molar-refractivity contribution in [1.29, 1.82) is 0 Å². The molecule has 8 rings (SSSR count). The third kappa shape index (κ3) is 12.3. The number of aliphatic carboxylic acids is 1. The van der Waals surface area contributed by atoms with Gasteiger partial charge in [-0.15, -0.1) is 0 Å². The molecule has 12 heteroatoms. The Balaban J connectivity index is 0.000000208. The second-order valence-corrected chi connectivity index (χ2v) is 26.4. The summed E-state index contributed by atoms with van der Waals surface area (Å²) in [6, 6.07) is 0. The second kappa shape index (κ2) is 24.7. The van der Waals surface area contributed by atoms with Gasteiger partial charge in [-0.3, -0.25) is 24.6 Å². The van der Waals surface area contributed by atoms with Gasteiger partial charge >= 0.3 is 5.97 Å². The topological polar surface area (TPSA) is 176 Å². The Kier molecular flexibility index (Phi) is 20.2. The summed E-state index contributed by atoms with van der Waals surface area (Å²) in [6.07, 6.45) is 25.0. The standard InChI is InChI=1S/C30H51NO4.C26H44O3.C3H8N2O2/c1-19-11-13-29(3)21(15-19)16-26(35-6)28-24-9-8-23(30(24,4)14-12-25(28)29)20(2)7-10-27(33)31-17-22(32)18-34-5;1-16-10-12-25(3)18(14-16)15-22(29-5)24-20-8-7-19(17(2)6-9-23(27)28)26(20,4)13-11-21(24)25;1-7-2-3(6)5-4/h19-21,23-26,28H,7-18H2,1-6H3,(H,31,33);16-22,24H,6-15H2,1-5H3,(H,27,28);2,4H2,1H3,(H,5,6)/t19-,20-,21+,23-,24+,25+,26-,28+,29+,30-;16-,17-,18+,19-,20+,21+,22-,24+,25+,26-;/m11./s1. The van der Waals surface area contributed by atoms with E-state index in [1.54, 1.807) is 0 Å². The van der Waals surface area contributed by atoms with E-state index in [0.29, 0.717) is 82.2 Å². The Morgan fingerprint density at radius 1 is 0.577 bits per heavy atom. The Morgan fingerprint density at radius 3 is 1.39 bits per heavy atom. The van der Waals surface area contributed by atoms with Crippen LogP contribution >= 0.6 is 0 Å². The van der Waals surface area contributed by atoms with Gasteiger partial charge in [-0.25, -0.2) is 5.84 Å². The van der Waals surface area contributed by atoms with E-state index in [1.807, 2.05) is 19.6 Å². The van der Waals surface area contributed by atoms with Crippen LogP contribution in [0.4, 0.5) is 0 Å². The van der Waals surface area contributed by atoms with E-state index in [2.05, 4.69) is 71.3 Å². The molecule has 0 radical (unpaired) electrons. The maximum atomic E-state index is 12.4. The predicted octanol–water partition coefficient (Wildman–Crippen LogP) is 10.7. The SMILES string of the molecule is COCC(=O)CNC(=O)CC[C@@H](C)[C@H]1CC[C@H]2[C@@H]3[C@H](OC)C[C@@H]4C[C@H](C)CC[C@]4(C)[C@H]3CC[C@]12C.COCC(=O)NN.CO[C@@H]1C[C@@H]2C[C@H](C)CC[C@]2(C)[C@H]2CC[C@]3(C)[C@@H]([C@H](C)CCC(=O)O)CC[C@H]3[C@H]12. The van der Waals surface area contributed by atoms with Crippen LogP contribution in [0.1, 0.15) is 184 Å². The van der Waals surface area contributed by atoms with Gasteiger partial charge in [0.1, 0.15) is 13.2 Å². The number of amides is 2. The van der Waals surface area contributed by atoms with Gasteiger partial charge in [0, 0.05) is 41.3 Å². The molecule has 0 heterocycles. The minimum atomic E-state index is -0.641. The first kappa shape index (κ1) is 58.1. The maximum absolute atomic E-state index is 12.4. The van der Waals surface area contributed by atoms with E-state index in [0.717, 1.165) is 60.2 Å². The van der Waals surface area contributed by atoms with Crippen molar-refractivity contribution >= 4 is 23.6 Å². The number of carbonyl (C=O) groups excluding carboxylic acids is 3. The number of hydrogen-bond donors (Lipinski definition) is 4. The summed E-state index contributed by atoms with van der Waals surface area (Å²) < 4.78 is 21.8. The average molecular weight is 998 g/mol. The highest BCUT2D eigenvalue weighted by Gasteiger charge is 2.65. The molecule has 12 nitrogen and oxygen atoms in total. The number of hydrazine groups is 1. The molecular weight excluding hydrogens is 895 g/mol. The molecule has 0 aromatic heterocycles. The summed E-state index contributed by atoms with van der Waals surface area (Å²) in [5.41, 5.74) is 3.64. The maximum Gasteiger partial charge on any atom is 0.303 e. The molecule has 2 amide bonds. The van der Waals surface area contributed by atoms with Gasteiger partial charge in [0.2, 0.25) is 5.91 Å².